The summed E-state index contributed by atoms with van der Waals surface area (Å²) < 4.78 is 15.0. The highest BCUT2D eigenvalue weighted by atomic mass is 19.1. The smallest absolute Gasteiger partial charge is 0.267 e. The van der Waals surface area contributed by atoms with Gasteiger partial charge in [0.1, 0.15) is 12.4 Å². The molecule has 1 aromatic heterocycles. The number of hydrogen-bond acceptors (Lipinski definition) is 4. The summed E-state index contributed by atoms with van der Waals surface area (Å²) in [6.45, 7) is -0.348. The number of carbonyl (C=O) groups is 2. The monoisotopic (exact) mass is 406 g/mol. The van der Waals surface area contributed by atoms with Crippen molar-refractivity contribution >= 4 is 17.5 Å². The van der Waals surface area contributed by atoms with Crippen LogP contribution in [0.15, 0.2) is 65.5 Å². The lowest BCUT2D eigenvalue weighted by Gasteiger charge is -2.10. The van der Waals surface area contributed by atoms with Crippen LogP contribution >= 0.6 is 0 Å². The first-order valence-corrected chi connectivity index (χ1v) is 9.53. The first-order valence-electron chi connectivity index (χ1n) is 9.53. The second-order valence-electron chi connectivity index (χ2n) is 7.07. The van der Waals surface area contributed by atoms with E-state index in [0.29, 0.717) is 11.3 Å². The number of nitrogens with one attached hydrogen (secondary N) is 2. The van der Waals surface area contributed by atoms with E-state index >= 15 is 0 Å². The number of amides is 2. The average molecular weight is 406 g/mol. The molecule has 4 rings (SSSR count). The Hall–Kier alpha value is -3.81. The number of rotatable bonds is 6. The molecule has 30 heavy (non-hydrogen) atoms. The molecule has 7 nitrogen and oxygen atoms in total. The molecule has 0 saturated heterocycles. The zero-order chi connectivity index (χ0) is 21.1. The molecule has 1 heterocycles. The van der Waals surface area contributed by atoms with E-state index < -0.39 is 17.3 Å². The van der Waals surface area contributed by atoms with Crippen LogP contribution in [0, 0.1) is 5.82 Å². The zero-order valence-electron chi connectivity index (χ0n) is 16.0. The van der Waals surface area contributed by atoms with Crippen LogP contribution in [0.1, 0.15) is 23.2 Å². The van der Waals surface area contributed by atoms with Gasteiger partial charge in [0, 0.05) is 28.9 Å². The van der Waals surface area contributed by atoms with Gasteiger partial charge in [0.15, 0.2) is 0 Å². The number of anilines is 1. The first-order chi connectivity index (χ1) is 14.5. The third kappa shape index (κ3) is 4.60. The number of benzene rings is 2. The van der Waals surface area contributed by atoms with E-state index in [0.717, 1.165) is 17.5 Å². The summed E-state index contributed by atoms with van der Waals surface area (Å²) in [5.74, 6) is -1.15. The molecule has 2 N–H and O–H groups in total. The first kappa shape index (κ1) is 19.5. The van der Waals surface area contributed by atoms with Crippen LogP contribution in [0.4, 0.5) is 10.1 Å². The molecular formula is C22H19FN4O3. The SMILES string of the molecule is O=C(Cn1nc(-c2ccccc2F)ccc1=O)Nc1cccc(C(=O)NC2CC2)c1. The molecule has 8 heteroatoms. The van der Waals surface area contributed by atoms with Crippen molar-refractivity contribution < 1.29 is 14.0 Å². The van der Waals surface area contributed by atoms with Gasteiger partial charge in [-0.15, -0.1) is 0 Å². The Labute approximate surface area is 171 Å². The van der Waals surface area contributed by atoms with Crippen molar-refractivity contribution in [2.75, 3.05) is 5.32 Å². The fourth-order valence-corrected chi connectivity index (χ4v) is 2.95. The second-order valence-corrected chi connectivity index (χ2v) is 7.07. The number of aromatic nitrogens is 2. The van der Waals surface area contributed by atoms with Crippen molar-refractivity contribution in [1.29, 1.82) is 0 Å². The Kier molecular flexibility index (Phi) is 5.38. The van der Waals surface area contributed by atoms with Gasteiger partial charge in [-0.25, -0.2) is 9.07 Å². The zero-order valence-corrected chi connectivity index (χ0v) is 16.0. The van der Waals surface area contributed by atoms with Gasteiger partial charge in [-0.1, -0.05) is 18.2 Å². The lowest BCUT2D eigenvalue weighted by atomic mass is 10.1. The molecule has 3 aromatic rings. The lowest BCUT2D eigenvalue weighted by Crippen LogP contribution is -2.29. The van der Waals surface area contributed by atoms with Gasteiger partial charge in [-0.3, -0.25) is 14.4 Å². The van der Waals surface area contributed by atoms with Crippen LogP contribution in [0.25, 0.3) is 11.3 Å². The van der Waals surface area contributed by atoms with E-state index in [9.17, 15) is 18.8 Å². The van der Waals surface area contributed by atoms with Gasteiger partial charge in [0.25, 0.3) is 11.5 Å². The largest absolute Gasteiger partial charge is 0.349 e. The summed E-state index contributed by atoms with van der Waals surface area (Å²) in [5.41, 5.74) is 0.876. The molecule has 0 aliphatic heterocycles. The maximum Gasteiger partial charge on any atom is 0.267 e. The minimum Gasteiger partial charge on any atom is -0.349 e. The van der Waals surface area contributed by atoms with E-state index in [1.54, 1.807) is 42.5 Å². The summed E-state index contributed by atoms with van der Waals surface area (Å²) in [7, 11) is 0. The Morgan fingerprint density at radius 3 is 2.63 bits per heavy atom. The Morgan fingerprint density at radius 2 is 1.87 bits per heavy atom. The molecule has 1 fully saturated rings. The quantitative estimate of drug-likeness (QED) is 0.658. The highest BCUT2D eigenvalue weighted by Gasteiger charge is 2.23. The second kappa shape index (κ2) is 8.28. The fourth-order valence-electron chi connectivity index (χ4n) is 2.95. The van der Waals surface area contributed by atoms with Gasteiger partial charge in [0.2, 0.25) is 5.91 Å². The molecule has 0 unspecified atom stereocenters. The third-order valence-corrected chi connectivity index (χ3v) is 4.63. The van der Waals surface area contributed by atoms with E-state index in [1.165, 1.54) is 18.2 Å². The van der Waals surface area contributed by atoms with Crippen LogP contribution in [-0.4, -0.2) is 27.6 Å². The molecule has 0 bridgehead atoms. The average Bonchev–Trinajstić information content (AvgIpc) is 3.54. The van der Waals surface area contributed by atoms with Crippen molar-refractivity contribution in [3.63, 3.8) is 0 Å². The van der Waals surface area contributed by atoms with Crippen molar-refractivity contribution in [3.05, 3.63) is 82.4 Å². The predicted octanol–water partition coefficient (Wildman–Crippen LogP) is 2.58. The molecule has 1 saturated carbocycles. The van der Waals surface area contributed by atoms with Gasteiger partial charge >= 0.3 is 0 Å². The normalized spacial score (nSPS) is 13.0. The maximum absolute atomic E-state index is 14.0. The van der Waals surface area contributed by atoms with Crippen molar-refractivity contribution in [2.45, 2.75) is 25.4 Å². The Morgan fingerprint density at radius 1 is 1.07 bits per heavy atom. The lowest BCUT2D eigenvalue weighted by molar-refractivity contribution is -0.117. The maximum atomic E-state index is 14.0. The Balaban J connectivity index is 1.48. The van der Waals surface area contributed by atoms with Gasteiger partial charge in [0.05, 0.1) is 5.69 Å². The molecule has 0 spiro atoms. The number of halogens is 1. The summed E-state index contributed by atoms with van der Waals surface area (Å²) >= 11 is 0. The standard InChI is InChI=1S/C22H19FN4O3/c23-18-7-2-1-6-17(18)19-10-11-21(29)27(26-19)13-20(28)24-16-5-3-4-14(12-16)22(30)25-15-8-9-15/h1-7,10-12,15H,8-9,13H2,(H,24,28)(H,25,30). The Bertz CT molecular complexity index is 1170. The molecule has 2 aromatic carbocycles. The van der Waals surface area contributed by atoms with E-state index in [4.69, 9.17) is 0 Å². The summed E-state index contributed by atoms with van der Waals surface area (Å²) in [6.07, 6.45) is 1.96. The molecule has 1 aliphatic carbocycles. The summed E-state index contributed by atoms with van der Waals surface area (Å²) in [6, 6.07) is 15.5. The van der Waals surface area contributed by atoms with Crippen LogP contribution in [-0.2, 0) is 11.3 Å². The van der Waals surface area contributed by atoms with Crippen LogP contribution in [0.3, 0.4) is 0 Å². The predicted molar refractivity (Wildman–Crippen MR) is 109 cm³/mol. The fraction of sp³-hybridized carbons (Fsp3) is 0.182. The molecule has 152 valence electrons. The molecular weight excluding hydrogens is 387 g/mol. The number of hydrogen-bond donors (Lipinski definition) is 2. The molecule has 0 atom stereocenters. The topological polar surface area (TPSA) is 93.1 Å². The minimum atomic E-state index is -0.491. The van der Waals surface area contributed by atoms with Crippen LogP contribution in [0.2, 0.25) is 0 Å². The highest BCUT2D eigenvalue weighted by Crippen LogP contribution is 2.20. The molecule has 2 amide bonds. The van der Waals surface area contributed by atoms with Crippen molar-refractivity contribution in [1.82, 2.24) is 15.1 Å². The van der Waals surface area contributed by atoms with Gasteiger partial charge < -0.3 is 10.6 Å². The van der Waals surface area contributed by atoms with E-state index in [1.807, 2.05) is 0 Å². The molecule has 1 aliphatic rings. The van der Waals surface area contributed by atoms with Gasteiger partial charge in [-0.05, 0) is 49.2 Å². The minimum absolute atomic E-state index is 0.191. The summed E-state index contributed by atoms with van der Waals surface area (Å²) in [4.78, 5) is 36.7. The highest BCUT2D eigenvalue weighted by molar-refractivity contribution is 5.97. The molecule has 0 radical (unpaired) electrons. The van der Waals surface area contributed by atoms with Crippen LogP contribution < -0.4 is 16.2 Å². The van der Waals surface area contributed by atoms with Crippen molar-refractivity contribution in [2.24, 2.45) is 0 Å². The number of nitrogens with zero attached hydrogens (tertiary/aromatic N) is 2. The summed E-state index contributed by atoms with van der Waals surface area (Å²) in [5, 5.41) is 9.66. The van der Waals surface area contributed by atoms with E-state index in [-0.39, 0.29) is 29.8 Å². The van der Waals surface area contributed by atoms with Crippen LogP contribution in [0.5, 0.6) is 0 Å². The van der Waals surface area contributed by atoms with E-state index in [2.05, 4.69) is 15.7 Å². The third-order valence-electron chi connectivity index (χ3n) is 4.63. The van der Waals surface area contributed by atoms with Crippen molar-refractivity contribution in [3.8, 4) is 11.3 Å². The number of carbonyl (C=O) groups excluding carboxylic acids is 2. The van der Waals surface area contributed by atoms with Gasteiger partial charge in [-0.2, -0.15) is 5.10 Å².